The fourth-order valence-electron chi connectivity index (χ4n) is 1.25. The van der Waals surface area contributed by atoms with Crippen LogP contribution in [0.3, 0.4) is 0 Å². The number of carboxylic acids is 1. The van der Waals surface area contributed by atoms with Crippen LogP contribution in [-0.4, -0.2) is 23.0 Å². The van der Waals surface area contributed by atoms with Crippen molar-refractivity contribution in [3.63, 3.8) is 0 Å². The van der Waals surface area contributed by atoms with E-state index in [0.717, 1.165) is 18.2 Å². The molecule has 1 atom stereocenters. The van der Waals surface area contributed by atoms with Crippen LogP contribution in [-0.2, 0) is 4.79 Å². The number of hydrogen-bond donors (Lipinski definition) is 2. The molecule has 0 unspecified atom stereocenters. The van der Waals surface area contributed by atoms with Crippen molar-refractivity contribution >= 4 is 11.9 Å². The minimum Gasteiger partial charge on any atom is -0.480 e. The summed E-state index contributed by atoms with van der Waals surface area (Å²) in [5.74, 6) is -3.84. The molecule has 0 fully saturated rings. The van der Waals surface area contributed by atoms with Crippen molar-refractivity contribution in [2.75, 3.05) is 0 Å². The van der Waals surface area contributed by atoms with Crippen LogP contribution in [0.4, 0.5) is 8.78 Å². The van der Waals surface area contributed by atoms with Gasteiger partial charge in [0.25, 0.3) is 5.91 Å². The number of benzene rings is 1. The van der Waals surface area contributed by atoms with Gasteiger partial charge >= 0.3 is 5.97 Å². The second kappa shape index (κ2) is 5.38. The summed E-state index contributed by atoms with van der Waals surface area (Å²) >= 11 is 0. The number of amides is 1. The zero-order valence-electron chi connectivity index (χ0n) is 9.04. The van der Waals surface area contributed by atoms with Gasteiger partial charge in [-0.25, -0.2) is 13.6 Å². The number of carbonyl (C=O) groups excluding carboxylic acids is 1. The minimum absolute atomic E-state index is 0.151. The lowest BCUT2D eigenvalue weighted by Crippen LogP contribution is -2.40. The highest BCUT2D eigenvalue weighted by atomic mass is 19.1. The maximum absolute atomic E-state index is 13.2. The average molecular weight is 243 g/mol. The monoisotopic (exact) mass is 243 g/mol. The molecule has 6 heteroatoms. The Morgan fingerprint density at radius 3 is 2.59 bits per heavy atom. The predicted molar refractivity (Wildman–Crippen MR) is 55.5 cm³/mol. The lowest BCUT2D eigenvalue weighted by atomic mass is 10.1. The highest BCUT2D eigenvalue weighted by Gasteiger charge is 2.20. The molecular formula is C11H11F2NO3. The summed E-state index contributed by atoms with van der Waals surface area (Å²) in [6.07, 6.45) is 0.151. The Bertz CT molecular complexity index is 448. The molecule has 1 amide bonds. The molecule has 0 aliphatic carbocycles. The molecule has 0 heterocycles. The number of carboxylic acid groups (broad SMARTS) is 1. The highest BCUT2D eigenvalue weighted by molar-refractivity contribution is 5.96. The molecule has 0 bridgehead atoms. The van der Waals surface area contributed by atoms with Crippen molar-refractivity contribution < 1.29 is 23.5 Å². The van der Waals surface area contributed by atoms with E-state index in [0.29, 0.717) is 0 Å². The van der Waals surface area contributed by atoms with Gasteiger partial charge in [-0.05, 0) is 24.6 Å². The largest absolute Gasteiger partial charge is 0.480 e. The first-order chi connectivity index (χ1) is 7.95. The topological polar surface area (TPSA) is 66.4 Å². The summed E-state index contributed by atoms with van der Waals surface area (Å²) < 4.78 is 26.0. The molecule has 1 aromatic carbocycles. The minimum atomic E-state index is -1.22. The van der Waals surface area contributed by atoms with E-state index in [-0.39, 0.29) is 6.42 Å². The van der Waals surface area contributed by atoms with Gasteiger partial charge in [0.15, 0.2) is 0 Å². The standard InChI is InChI=1S/C11H11F2NO3/c1-2-9(11(16)17)14-10(15)7-5-6(12)3-4-8(7)13/h3-5,9H,2H2,1H3,(H,14,15)(H,16,17)/t9-/m1/s1. The Morgan fingerprint density at radius 1 is 1.41 bits per heavy atom. The molecule has 0 spiro atoms. The maximum atomic E-state index is 13.2. The van der Waals surface area contributed by atoms with E-state index in [9.17, 15) is 18.4 Å². The summed E-state index contributed by atoms with van der Waals surface area (Å²) in [5.41, 5.74) is -0.510. The van der Waals surface area contributed by atoms with E-state index >= 15 is 0 Å². The van der Waals surface area contributed by atoms with Crippen LogP contribution in [0.25, 0.3) is 0 Å². The Hall–Kier alpha value is -1.98. The van der Waals surface area contributed by atoms with E-state index < -0.39 is 35.1 Å². The van der Waals surface area contributed by atoms with Gasteiger partial charge in [0.2, 0.25) is 0 Å². The van der Waals surface area contributed by atoms with Gasteiger partial charge in [-0.2, -0.15) is 0 Å². The van der Waals surface area contributed by atoms with Crippen LogP contribution in [0, 0.1) is 11.6 Å². The van der Waals surface area contributed by atoms with Crippen LogP contribution in [0.1, 0.15) is 23.7 Å². The van der Waals surface area contributed by atoms with Gasteiger partial charge < -0.3 is 10.4 Å². The van der Waals surface area contributed by atoms with Gasteiger partial charge in [-0.1, -0.05) is 6.92 Å². The zero-order chi connectivity index (χ0) is 13.0. The number of hydrogen-bond acceptors (Lipinski definition) is 2. The molecule has 0 aliphatic heterocycles. The number of aliphatic carboxylic acids is 1. The van der Waals surface area contributed by atoms with Gasteiger partial charge in [0.1, 0.15) is 17.7 Å². The molecule has 0 radical (unpaired) electrons. The quantitative estimate of drug-likeness (QED) is 0.843. The molecule has 1 rings (SSSR count). The SMILES string of the molecule is CC[C@@H](NC(=O)c1cc(F)ccc1F)C(=O)O. The van der Waals surface area contributed by atoms with Crippen molar-refractivity contribution in [3.05, 3.63) is 35.4 Å². The molecule has 0 saturated heterocycles. The molecule has 0 saturated carbocycles. The van der Waals surface area contributed by atoms with E-state index in [1.54, 1.807) is 6.92 Å². The first-order valence-electron chi connectivity index (χ1n) is 4.94. The third kappa shape index (κ3) is 3.24. The summed E-state index contributed by atoms with van der Waals surface area (Å²) in [6, 6.07) is 1.29. The van der Waals surface area contributed by atoms with E-state index in [4.69, 9.17) is 5.11 Å². The van der Waals surface area contributed by atoms with Crippen LogP contribution in [0.15, 0.2) is 18.2 Å². The molecule has 2 N–H and O–H groups in total. The number of halogens is 2. The Kier molecular flexibility index (Phi) is 4.14. The zero-order valence-corrected chi connectivity index (χ0v) is 9.04. The molecule has 4 nitrogen and oxygen atoms in total. The average Bonchev–Trinajstić information content (AvgIpc) is 2.28. The molecule has 17 heavy (non-hydrogen) atoms. The summed E-state index contributed by atoms with van der Waals surface area (Å²) in [7, 11) is 0. The van der Waals surface area contributed by atoms with Crippen LogP contribution < -0.4 is 5.32 Å². The van der Waals surface area contributed by atoms with E-state index in [2.05, 4.69) is 5.32 Å². The van der Waals surface area contributed by atoms with Crippen molar-refractivity contribution in [3.8, 4) is 0 Å². The van der Waals surface area contributed by atoms with Crippen molar-refractivity contribution in [2.24, 2.45) is 0 Å². The maximum Gasteiger partial charge on any atom is 0.326 e. The molecule has 0 aromatic heterocycles. The highest BCUT2D eigenvalue weighted by Crippen LogP contribution is 2.10. The third-order valence-corrected chi connectivity index (χ3v) is 2.18. The molecular weight excluding hydrogens is 232 g/mol. The third-order valence-electron chi connectivity index (χ3n) is 2.18. The first kappa shape index (κ1) is 13.1. The van der Waals surface area contributed by atoms with E-state index in [1.165, 1.54) is 0 Å². The number of rotatable bonds is 4. The summed E-state index contributed by atoms with van der Waals surface area (Å²) in [6.45, 7) is 1.56. The van der Waals surface area contributed by atoms with Gasteiger partial charge in [-0.3, -0.25) is 4.79 Å². The normalized spacial score (nSPS) is 11.9. The summed E-state index contributed by atoms with van der Waals surface area (Å²) in [5, 5.41) is 10.8. The van der Waals surface area contributed by atoms with Crippen LogP contribution in [0.2, 0.25) is 0 Å². The first-order valence-corrected chi connectivity index (χ1v) is 4.94. The molecule has 92 valence electrons. The molecule has 1 aromatic rings. The van der Waals surface area contributed by atoms with Gasteiger partial charge in [-0.15, -0.1) is 0 Å². The number of nitrogens with one attached hydrogen (secondary N) is 1. The summed E-state index contributed by atoms with van der Waals surface area (Å²) in [4.78, 5) is 22.2. The van der Waals surface area contributed by atoms with Gasteiger partial charge in [0, 0.05) is 0 Å². The second-order valence-corrected chi connectivity index (χ2v) is 3.40. The molecule has 0 aliphatic rings. The van der Waals surface area contributed by atoms with E-state index in [1.807, 2.05) is 0 Å². The Morgan fingerprint density at radius 2 is 2.06 bits per heavy atom. The lowest BCUT2D eigenvalue weighted by molar-refractivity contribution is -0.139. The van der Waals surface area contributed by atoms with Crippen LogP contribution >= 0.6 is 0 Å². The fraction of sp³-hybridized carbons (Fsp3) is 0.273. The van der Waals surface area contributed by atoms with Crippen molar-refractivity contribution in [1.29, 1.82) is 0 Å². The Balaban J connectivity index is 2.89. The van der Waals surface area contributed by atoms with Gasteiger partial charge in [0.05, 0.1) is 5.56 Å². The van der Waals surface area contributed by atoms with Crippen molar-refractivity contribution in [2.45, 2.75) is 19.4 Å². The van der Waals surface area contributed by atoms with Crippen molar-refractivity contribution in [1.82, 2.24) is 5.32 Å². The fourth-order valence-corrected chi connectivity index (χ4v) is 1.25. The van der Waals surface area contributed by atoms with Crippen LogP contribution in [0.5, 0.6) is 0 Å². The second-order valence-electron chi connectivity index (χ2n) is 3.40. The smallest absolute Gasteiger partial charge is 0.326 e. The lowest BCUT2D eigenvalue weighted by Gasteiger charge is -2.12. The Labute approximate surface area is 96.3 Å². The predicted octanol–water partition coefficient (Wildman–Crippen LogP) is 1.56. The number of carbonyl (C=O) groups is 2.